The standard InChI is InChI=1S/C22H24F4N4O.HI/c1-27-21(29-13-17-8-9-18(23)11-19(17)22(24,25)26)28-12-15-4-6-16(7-5-15)14-30-10-2-3-20(30)31;/h4-9,11H,2-3,10,12-14H2,1H3,(H2,27,28,29);1H. The Bertz CT molecular complexity index is 948. The number of benzene rings is 2. The molecule has 0 spiro atoms. The first kappa shape index (κ1) is 25.9. The summed E-state index contributed by atoms with van der Waals surface area (Å²) in [4.78, 5) is 17.6. The monoisotopic (exact) mass is 564 g/mol. The molecule has 0 unspecified atom stereocenters. The highest BCUT2D eigenvalue weighted by Crippen LogP contribution is 2.32. The van der Waals surface area contributed by atoms with Gasteiger partial charge in [0.05, 0.1) is 5.56 Å². The van der Waals surface area contributed by atoms with Crippen molar-refractivity contribution >= 4 is 35.8 Å². The number of carbonyl (C=O) groups excluding carboxylic acids is 1. The summed E-state index contributed by atoms with van der Waals surface area (Å²) in [7, 11) is 1.51. The normalized spacial score (nSPS) is 14.3. The third-order valence-electron chi connectivity index (χ3n) is 5.07. The summed E-state index contributed by atoms with van der Waals surface area (Å²) in [6.45, 7) is 1.64. The minimum absolute atomic E-state index is 0. The molecular weight excluding hydrogens is 539 g/mol. The average Bonchev–Trinajstić information content (AvgIpc) is 3.13. The average molecular weight is 564 g/mol. The molecule has 1 aliphatic heterocycles. The van der Waals surface area contributed by atoms with Gasteiger partial charge in [0.2, 0.25) is 5.91 Å². The van der Waals surface area contributed by atoms with E-state index >= 15 is 0 Å². The predicted octanol–water partition coefficient (Wildman–Crippen LogP) is 4.45. The summed E-state index contributed by atoms with van der Waals surface area (Å²) >= 11 is 0. The van der Waals surface area contributed by atoms with Crippen LogP contribution in [0.4, 0.5) is 17.6 Å². The fourth-order valence-electron chi connectivity index (χ4n) is 3.41. The number of amides is 1. The fraction of sp³-hybridized carbons (Fsp3) is 0.364. The van der Waals surface area contributed by atoms with Crippen molar-refractivity contribution in [3.8, 4) is 0 Å². The number of rotatable bonds is 6. The first-order valence-corrected chi connectivity index (χ1v) is 9.92. The molecule has 1 saturated heterocycles. The van der Waals surface area contributed by atoms with Crippen LogP contribution in [0.1, 0.15) is 35.1 Å². The minimum Gasteiger partial charge on any atom is -0.352 e. The molecule has 2 N–H and O–H groups in total. The maximum absolute atomic E-state index is 13.2. The molecule has 174 valence electrons. The van der Waals surface area contributed by atoms with Crippen LogP contribution in [0.3, 0.4) is 0 Å². The van der Waals surface area contributed by atoms with E-state index in [2.05, 4.69) is 15.6 Å². The lowest BCUT2D eigenvalue weighted by molar-refractivity contribution is -0.138. The number of halogens is 5. The first-order chi connectivity index (χ1) is 14.8. The minimum atomic E-state index is -4.64. The quantitative estimate of drug-likeness (QED) is 0.236. The molecule has 2 aromatic rings. The Labute approximate surface area is 201 Å². The van der Waals surface area contributed by atoms with Gasteiger partial charge in [-0.15, -0.1) is 24.0 Å². The molecule has 0 aliphatic carbocycles. The van der Waals surface area contributed by atoms with Crippen LogP contribution >= 0.6 is 24.0 Å². The Morgan fingerprint density at radius 2 is 1.72 bits per heavy atom. The molecule has 3 rings (SSSR count). The van der Waals surface area contributed by atoms with Crippen LogP contribution in [0.5, 0.6) is 0 Å². The SMILES string of the molecule is CN=C(NCc1ccc(CN2CCCC2=O)cc1)NCc1ccc(F)cc1C(F)(F)F.I. The Morgan fingerprint density at radius 3 is 2.31 bits per heavy atom. The summed E-state index contributed by atoms with van der Waals surface area (Å²) in [6.07, 6.45) is -3.14. The maximum atomic E-state index is 13.2. The molecule has 1 fully saturated rings. The third-order valence-corrected chi connectivity index (χ3v) is 5.07. The van der Waals surface area contributed by atoms with Crippen molar-refractivity contribution in [3.05, 3.63) is 70.5 Å². The number of alkyl halides is 3. The van der Waals surface area contributed by atoms with Gasteiger partial charge in [0, 0.05) is 39.6 Å². The van der Waals surface area contributed by atoms with E-state index in [9.17, 15) is 22.4 Å². The van der Waals surface area contributed by atoms with E-state index in [1.54, 1.807) is 0 Å². The topological polar surface area (TPSA) is 56.7 Å². The lowest BCUT2D eigenvalue weighted by Crippen LogP contribution is -2.36. The van der Waals surface area contributed by atoms with Crippen molar-refractivity contribution in [1.29, 1.82) is 0 Å². The molecule has 1 amide bonds. The van der Waals surface area contributed by atoms with Gasteiger partial charge < -0.3 is 15.5 Å². The van der Waals surface area contributed by atoms with Gasteiger partial charge in [-0.3, -0.25) is 9.79 Å². The second-order valence-electron chi connectivity index (χ2n) is 7.31. The van der Waals surface area contributed by atoms with Crippen LogP contribution in [0, 0.1) is 5.82 Å². The van der Waals surface area contributed by atoms with E-state index < -0.39 is 17.6 Å². The number of guanidine groups is 1. The van der Waals surface area contributed by atoms with Crippen LogP contribution in [0.25, 0.3) is 0 Å². The van der Waals surface area contributed by atoms with Gasteiger partial charge in [-0.1, -0.05) is 30.3 Å². The number of nitrogens with zero attached hydrogens (tertiary/aromatic N) is 2. The van der Waals surface area contributed by atoms with Gasteiger partial charge in [0.15, 0.2) is 5.96 Å². The van der Waals surface area contributed by atoms with Gasteiger partial charge in [0.25, 0.3) is 0 Å². The van der Waals surface area contributed by atoms with Crippen LogP contribution in [0.2, 0.25) is 0 Å². The van der Waals surface area contributed by atoms with E-state index in [0.29, 0.717) is 31.5 Å². The number of hydrogen-bond acceptors (Lipinski definition) is 2. The molecule has 1 heterocycles. The number of hydrogen-bond donors (Lipinski definition) is 2. The molecule has 2 aromatic carbocycles. The van der Waals surface area contributed by atoms with Gasteiger partial charge in [-0.2, -0.15) is 13.2 Å². The maximum Gasteiger partial charge on any atom is 0.416 e. The highest BCUT2D eigenvalue weighted by Gasteiger charge is 2.33. The summed E-state index contributed by atoms with van der Waals surface area (Å²) in [6, 6.07) is 10.4. The van der Waals surface area contributed by atoms with E-state index in [-0.39, 0.29) is 42.0 Å². The van der Waals surface area contributed by atoms with Crippen molar-refractivity contribution in [2.75, 3.05) is 13.6 Å². The van der Waals surface area contributed by atoms with Crippen LogP contribution in [-0.2, 0) is 30.6 Å². The van der Waals surface area contributed by atoms with E-state index in [4.69, 9.17) is 0 Å². The zero-order valence-electron chi connectivity index (χ0n) is 17.5. The molecule has 10 heteroatoms. The predicted molar refractivity (Wildman–Crippen MR) is 125 cm³/mol. The fourth-order valence-corrected chi connectivity index (χ4v) is 3.41. The molecule has 0 atom stereocenters. The molecule has 0 aromatic heterocycles. The lowest BCUT2D eigenvalue weighted by atomic mass is 10.1. The van der Waals surface area contributed by atoms with Crippen molar-refractivity contribution in [1.82, 2.24) is 15.5 Å². The Morgan fingerprint density at radius 1 is 1.06 bits per heavy atom. The molecular formula is C22H25F4IN4O. The van der Waals surface area contributed by atoms with Crippen LogP contribution in [-0.4, -0.2) is 30.4 Å². The zero-order chi connectivity index (χ0) is 22.4. The summed E-state index contributed by atoms with van der Waals surface area (Å²) in [5, 5.41) is 5.87. The van der Waals surface area contributed by atoms with Gasteiger partial charge in [0.1, 0.15) is 5.82 Å². The van der Waals surface area contributed by atoms with Crippen molar-refractivity contribution in [2.45, 2.75) is 38.7 Å². The largest absolute Gasteiger partial charge is 0.416 e. The molecule has 0 saturated carbocycles. The second-order valence-corrected chi connectivity index (χ2v) is 7.31. The lowest BCUT2D eigenvalue weighted by Gasteiger charge is -2.17. The number of carbonyl (C=O) groups is 1. The van der Waals surface area contributed by atoms with Gasteiger partial charge in [-0.05, 0) is 35.2 Å². The van der Waals surface area contributed by atoms with E-state index in [1.807, 2.05) is 29.2 Å². The van der Waals surface area contributed by atoms with E-state index in [0.717, 1.165) is 36.2 Å². The summed E-state index contributed by atoms with van der Waals surface area (Å²) in [5.41, 5.74) is 0.912. The molecule has 0 bridgehead atoms. The first-order valence-electron chi connectivity index (χ1n) is 9.92. The van der Waals surface area contributed by atoms with Gasteiger partial charge in [-0.25, -0.2) is 4.39 Å². The Hall–Kier alpha value is -2.37. The zero-order valence-corrected chi connectivity index (χ0v) is 19.8. The number of nitrogens with one attached hydrogen (secondary N) is 2. The highest BCUT2D eigenvalue weighted by atomic mass is 127. The molecule has 5 nitrogen and oxygen atoms in total. The van der Waals surface area contributed by atoms with Crippen molar-refractivity contribution in [2.24, 2.45) is 4.99 Å². The summed E-state index contributed by atoms with van der Waals surface area (Å²) < 4.78 is 52.6. The molecule has 1 aliphatic rings. The second kappa shape index (κ2) is 11.5. The summed E-state index contributed by atoms with van der Waals surface area (Å²) in [5.74, 6) is -0.434. The highest BCUT2D eigenvalue weighted by molar-refractivity contribution is 14.0. The molecule has 0 radical (unpaired) electrons. The number of aliphatic imine (C=N–C) groups is 1. The van der Waals surface area contributed by atoms with Crippen LogP contribution < -0.4 is 10.6 Å². The number of likely N-dealkylation sites (tertiary alicyclic amines) is 1. The third kappa shape index (κ3) is 7.07. The molecule has 32 heavy (non-hydrogen) atoms. The Balaban J connectivity index is 0.00000363. The van der Waals surface area contributed by atoms with Crippen molar-refractivity contribution in [3.63, 3.8) is 0 Å². The Kier molecular flexibility index (Phi) is 9.29. The van der Waals surface area contributed by atoms with Crippen LogP contribution in [0.15, 0.2) is 47.5 Å². The smallest absolute Gasteiger partial charge is 0.352 e. The van der Waals surface area contributed by atoms with E-state index in [1.165, 1.54) is 7.05 Å². The van der Waals surface area contributed by atoms with Gasteiger partial charge >= 0.3 is 6.18 Å². The van der Waals surface area contributed by atoms with Crippen molar-refractivity contribution < 1.29 is 22.4 Å².